The van der Waals surface area contributed by atoms with Crippen LogP contribution in [0.4, 0.5) is 0 Å². The van der Waals surface area contributed by atoms with Crippen LogP contribution in [-0.2, 0) is 14.3 Å². The topological polar surface area (TPSA) is 66.4 Å². The predicted octanol–water partition coefficient (Wildman–Crippen LogP) is 1.96. The zero-order valence-corrected chi connectivity index (χ0v) is 19.4. The van der Waals surface area contributed by atoms with Crippen molar-refractivity contribution in [2.45, 2.75) is 45.6 Å². The molecule has 0 radical (unpaired) electrons. The third-order valence-corrected chi connectivity index (χ3v) is 5.04. The molecule has 0 amide bonds. The Bertz CT molecular complexity index is 452. The van der Waals surface area contributed by atoms with E-state index in [1.165, 1.54) is 12.8 Å². The summed E-state index contributed by atoms with van der Waals surface area (Å²) in [4.78, 5) is 21.5. The number of guanidine groups is 1. The van der Waals surface area contributed by atoms with E-state index in [4.69, 9.17) is 14.5 Å². The molecule has 0 aromatic carbocycles. The summed E-state index contributed by atoms with van der Waals surface area (Å²) in [6.07, 6.45) is 4.28. The molecule has 27 heavy (non-hydrogen) atoms. The zero-order chi connectivity index (χ0) is 18.8. The van der Waals surface area contributed by atoms with Gasteiger partial charge in [0.15, 0.2) is 5.96 Å². The number of carbonyl (C=O) groups excluding carboxylic acids is 1. The van der Waals surface area contributed by atoms with Crippen LogP contribution in [0.25, 0.3) is 0 Å². The highest BCUT2D eigenvalue weighted by Gasteiger charge is 2.29. The molecule has 0 unspecified atom stereocenters. The van der Waals surface area contributed by atoms with Gasteiger partial charge in [-0.3, -0.25) is 14.7 Å². The molecule has 1 saturated heterocycles. The van der Waals surface area contributed by atoms with Crippen molar-refractivity contribution in [2.24, 2.45) is 10.9 Å². The summed E-state index contributed by atoms with van der Waals surface area (Å²) in [5.41, 5.74) is 0. The van der Waals surface area contributed by atoms with E-state index in [-0.39, 0.29) is 35.9 Å². The van der Waals surface area contributed by atoms with Gasteiger partial charge in [-0.1, -0.05) is 0 Å². The second kappa shape index (κ2) is 13.5. The first kappa shape index (κ1) is 24.4. The van der Waals surface area contributed by atoms with Crippen LogP contribution in [0.5, 0.6) is 0 Å². The lowest BCUT2D eigenvalue weighted by Gasteiger charge is -2.33. The van der Waals surface area contributed by atoms with E-state index in [0.29, 0.717) is 6.61 Å². The second-order valence-electron chi connectivity index (χ2n) is 7.01. The normalized spacial score (nSPS) is 18.4. The van der Waals surface area contributed by atoms with Crippen LogP contribution < -0.4 is 5.32 Å². The second-order valence-corrected chi connectivity index (χ2v) is 7.01. The van der Waals surface area contributed by atoms with Crippen molar-refractivity contribution in [1.29, 1.82) is 0 Å². The minimum Gasteiger partial charge on any atom is -0.466 e. The van der Waals surface area contributed by atoms with Crippen molar-refractivity contribution in [2.75, 3.05) is 59.6 Å². The molecule has 2 aliphatic rings. The van der Waals surface area contributed by atoms with Crippen molar-refractivity contribution in [1.82, 2.24) is 15.1 Å². The lowest BCUT2D eigenvalue weighted by molar-refractivity contribution is -0.149. The van der Waals surface area contributed by atoms with Crippen LogP contribution in [-0.4, -0.2) is 87.4 Å². The minimum atomic E-state index is -0.0488. The van der Waals surface area contributed by atoms with Gasteiger partial charge in [-0.25, -0.2) is 0 Å². The summed E-state index contributed by atoms with van der Waals surface area (Å²) >= 11 is 0. The third-order valence-electron chi connectivity index (χ3n) is 5.04. The molecule has 1 N–H and O–H groups in total. The van der Waals surface area contributed by atoms with Gasteiger partial charge in [0.1, 0.15) is 0 Å². The number of halogens is 1. The SMILES string of the molecule is CCNC(=NCCN(CCOC)C1CC1)N1CCC(C(=O)OCC)CC1.I. The molecule has 8 heteroatoms. The average molecular weight is 496 g/mol. The van der Waals surface area contributed by atoms with E-state index in [9.17, 15) is 4.79 Å². The first-order chi connectivity index (χ1) is 12.7. The van der Waals surface area contributed by atoms with Gasteiger partial charge in [0.05, 0.1) is 25.7 Å². The average Bonchev–Trinajstić information content (AvgIpc) is 3.49. The standard InChI is InChI=1S/C19H36N4O3.HI/c1-4-20-19(21-10-13-22(14-15-25-3)17-6-7-17)23-11-8-16(9-12-23)18(24)26-5-2;/h16-17H,4-15H2,1-3H3,(H,20,21);1H. The maximum atomic E-state index is 11.9. The Labute approximate surface area is 181 Å². The van der Waals surface area contributed by atoms with Gasteiger partial charge >= 0.3 is 5.97 Å². The number of carbonyl (C=O) groups is 1. The lowest BCUT2D eigenvalue weighted by Crippen LogP contribution is -2.47. The number of ether oxygens (including phenoxy) is 2. The van der Waals surface area contributed by atoms with Gasteiger partial charge in [-0.05, 0) is 39.5 Å². The van der Waals surface area contributed by atoms with Crippen LogP contribution >= 0.6 is 24.0 Å². The summed E-state index contributed by atoms with van der Waals surface area (Å²) in [7, 11) is 1.76. The first-order valence-electron chi connectivity index (χ1n) is 10.1. The smallest absolute Gasteiger partial charge is 0.309 e. The Kier molecular flexibility index (Phi) is 12.3. The van der Waals surface area contributed by atoms with E-state index in [0.717, 1.165) is 70.7 Å². The van der Waals surface area contributed by atoms with Gasteiger partial charge in [-0.2, -0.15) is 0 Å². The van der Waals surface area contributed by atoms with Crippen molar-refractivity contribution in [3.05, 3.63) is 0 Å². The van der Waals surface area contributed by atoms with E-state index in [1.54, 1.807) is 7.11 Å². The van der Waals surface area contributed by atoms with E-state index >= 15 is 0 Å². The fraction of sp³-hybridized carbons (Fsp3) is 0.895. The number of nitrogens with zero attached hydrogens (tertiary/aromatic N) is 3. The van der Waals surface area contributed by atoms with Crippen LogP contribution in [0.3, 0.4) is 0 Å². The van der Waals surface area contributed by atoms with Crippen molar-refractivity contribution < 1.29 is 14.3 Å². The molecular weight excluding hydrogens is 459 g/mol. The van der Waals surface area contributed by atoms with Gasteiger partial charge in [-0.15, -0.1) is 24.0 Å². The summed E-state index contributed by atoms with van der Waals surface area (Å²) in [5.74, 6) is 0.957. The quantitative estimate of drug-likeness (QED) is 0.216. The molecule has 0 aromatic rings. The fourth-order valence-electron chi connectivity index (χ4n) is 3.42. The summed E-state index contributed by atoms with van der Waals surface area (Å²) < 4.78 is 10.4. The number of nitrogens with one attached hydrogen (secondary N) is 1. The monoisotopic (exact) mass is 496 g/mol. The highest BCUT2D eigenvalue weighted by Crippen LogP contribution is 2.26. The highest BCUT2D eigenvalue weighted by molar-refractivity contribution is 14.0. The number of piperidine rings is 1. The number of esters is 1. The van der Waals surface area contributed by atoms with Crippen LogP contribution in [0, 0.1) is 5.92 Å². The number of hydrogen-bond donors (Lipinski definition) is 1. The number of aliphatic imine (C=N–C) groups is 1. The Hall–Kier alpha value is -0.610. The largest absolute Gasteiger partial charge is 0.466 e. The Morgan fingerprint density at radius 3 is 2.44 bits per heavy atom. The Balaban J connectivity index is 0.00000364. The molecular formula is C19H37IN4O3. The Morgan fingerprint density at radius 1 is 1.19 bits per heavy atom. The maximum absolute atomic E-state index is 11.9. The van der Waals surface area contributed by atoms with E-state index < -0.39 is 0 Å². The van der Waals surface area contributed by atoms with Crippen LogP contribution in [0.2, 0.25) is 0 Å². The molecule has 2 fully saturated rings. The van der Waals surface area contributed by atoms with E-state index in [1.807, 2.05) is 6.92 Å². The third kappa shape index (κ3) is 8.51. The molecule has 0 spiro atoms. The summed E-state index contributed by atoms with van der Waals surface area (Å²) in [5, 5.41) is 3.40. The summed E-state index contributed by atoms with van der Waals surface area (Å²) in [6.45, 7) is 10.5. The molecule has 1 saturated carbocycles. The van der Waals surface area contributed by atoms with Crippen LogP contribution in [0.1, 0.15) is 39.5 Å². The molecule has 2 rings (SSSR count). The number of methoxy groups -OCH3 is 1. The van der Waals surface area contributed by atoms with Gasteiger partial charge in [0.25, 0.3) is 0 Å². The maximum Gasteiger partial charge on any atom is 0.309 e. The number of likely N-dealkylation sites (tertiary alicyclic amines) is 1. The fourth-order valence-corrected chi connectivity index (χ4v) is 3.42. The van der Waals surface area contributed by atoms with E-state index in [2.05, 4.69) is 22.0 Å². The molecule has 1 aliphatic heterocycles. The molecule has 1 aliphatic carbocycles. The molecule has 1 heterocycles. The molecule has 158 valence electrons. The van der Waals surface area contributed by atoms with Gasteiger partial charge in [0.2, 0.25) is 0 Å². The molecule has 0 atom stereocenters. The summed E-state index contributed by atoms with van der Waals surface area (Å²) in [6, 6.07) is 0.725. The minimum absolute atomic E-state index is 0. The lowest BCUT2D eigenvalue weighted by atomic mass is 9.97. The highest BCUT2D eigenvalue weighted by atomic mass is 127. The van der Waals surface area contributed by atoms with Crippen molar-refractivity contribution in [3.8, 4) is 0 Å². The predicted molar refractivity (Wildman–Crippen MR) is 119 cm³/mol. The zero-order valence-electron chi connectivity index (χ0n) is 17.1. The van der Waals surface area contributed by atoms with Crippen molar-refractivity contribution >= 4 is 35.9 Å². The number of hydrogen-bond acceptors (Lipinski definition) is 5. The van der Waals surface area contributed by atoms with Crippen LogP contribution in [0.15, 0.2) is 4.99 Å². The Morgan fingerprint density at radius 2 is 1.89 bits per heavy atom. The van der Waals surface area contributed by atoms with Crippen molar-refractivity contribution in [3.63, 3.8) is 0 Å². The van der Waals surface area contributed by atoms with Gasteiger partial charge in [0, 0.05) is 45.9 Å². The molecule has 7 nitrogen and oxygen atoms in total. The molecule has 0 bridgehead atoms. The first-order valence-corrected chi connectivity index (χ1v) is 10.1. The molecule has 0 aromatic heterocycles. The van der Waals surface area contributed by atoms with Gasteiger partial charge < -0.3 is 19.7 Å². The number of rotatable bonds is 10.